The Labute approximate surface area is 116 Å². The molecule has 0 amide bonds. The van der Waals surface area contributed by atoms with Gasteiger partial charge < -0.3 is 14.6 Å². The Morgan fingerprint density at radius 2 is 1.95 bits per heavy atom. The maximum atomic E-state index is 11.1. The number of hydrogen-bond acceptors (Lipinski definition) is 3. The van der Waals surface area contributed by atoms with Gasteiger partial charge >= 0.3 is 0 Å². The Bertz CT molecular complexity index is 311. The molecule has 1 N–H and O–H groups in total. The SMILES string of the molecule is CC1CCCC(O)(C2CCOC3(CCOC3)C2)CC1. The molecule has 1 spiro atoms. The maximum absolute atomic E-state index is 11.1. The average Bonchev–Trinajstić information content (AvgIpc) is 2.76. The molecular weight excluding hydrogens is 240 g/mol. The zero-order chi connectivity index (χ0) is 13.3. The highest BCUT2D eigenvalue weighted by molar-refractivity contribution is 4.98. The van der Waals surface area contributed by atoms with Gasteiger partial charge in [0.15, 0.2) is 0 Å². The third-order valence-electron chi connectivity index (χ3n) is 5.70. The molecule has 0 bridgehead atoms. The summed E-state index contributed by atoms with van der Waals surface area (Å²) < 4.78 is 11.6. The molecule has 0 aromatic rings. The molecule has 1 aliphatic carbocycles. The lowest BCUT2D eigenvalue weighted by Gasteiger charge is -2.44. The largest absolute Gasteiger partial charge is 0.390 e. The molecule has 2 saturated heterocycles. The molecule has 2 aliphatic heterocycles. The monoisotopic (exact) mass is 268 g/mol. The van der Waals surface area contributed by atoms with E-state index in [0.29, 0.717) is 5.92 Å². The topological polar surface area (TPSA) is 38.7 Å². The number of aliphatic hydroxyl groups is 1. The summed E-state index contributed by atoms with van der Waals surface area (Å²) in [6, 6.07) is 0. The second-order valence-corrected chi connectivity index (χ2v) is 7.16. The minimum Gasteiger partial charge on any atom is -0.390 e. The third kappa shape index (κ3) is 2.84. The van der Waals surface area contributed by atoms with Crippen LogP contribution in [-0.2, 0) is 9.47 Å². The summed E-state index contributed by atoms with van der Waals surface area (Å²) in [6.45, 7) is 4.67. The van der Waals surface area contributed by atoms with E-state index in [-0.39, 0.29) is 5.60 Å². The smallest absolute Gasteiger partial charge is 0.0940 e. The predicted octanol–water partition coefficient (Wildman–Crippen LogP) is 2.90. The standard InChI is InChI=1S/C16H28O3/c1-13-3-2-6-16(17,7-4-13)14-5-9-19-15(11-14)8-10-18-12-15/h13-14,17H,2-12H2,1H3. The first-order valence-electron chi connectivity index (χ1n) is 8.06. The van der Waals surface area contributed by atoms with Gasteiger partial charge in [-0.15, -0.1) is 0 Å². The van der Waals surface area contributed by atoms with Crippen molar-refractivity contribution < 1.29 is 14.6 Å². The predicted molar refractivity (Wildman–Crippen MR) is 74.0 cm³/mol. The molecule has 3 fully saturated rings. The van der Waals surface area contributed by atoms with Crippen LogP contribution in [0.5, 0.6) is 0 Å². The van der Waals surface area contributed by atoms with Gasteiger partial charge in [0, 0.05) is 19.6 Å². The summed E-state index contributed by atoms with van der Waals surface area (Å²) >= 11 is 0. The molecule has 110 valence electrons. The summed E-state index contributed by atoms with van der Waals surface area (Å²) in [6.07, 6.45) is 8.63. The van der Waals surface area contributed by atoms with Crippen LogP contribution < -0.4 is 0 Å². The van der Waals surface area contributed by atoms with E-state index >= 15 is 0 Å². The normalized spacial score (nSPS) is 48.3. The highest BCUT2D eigenvalue weighted by atomic mass is 16.6. The van der Waals surface area contributed by atoms with Crippen molar-refractivity contribution in [3.05, 3.63) is 0 Å². The zero-order valence-electron chi connectivity index (χ0n) is 12.2. The van der Waals surface area contributed by atoms with Crippen LogP contribution in [0.4, 0.5) is 0 Å². The van der Waals surface area contributed by atoms with Crippen molar-refractivity contribution >= 4 is 0 Å². The fourth-order valence-electron chi connectivity index (χ4n) is 4.28. The quantitative estimate of drug-likeness (QED) is 0.743. The molecule has 3 aliphatic rings. The van der Waals surface area contributed by atoms with Gasteiger partial charge in [0.05, 0.1) is 17.8 Å². The van der Waals surface area contributed by atoms with Crippen LogP contribution in [0, 0.1) is 11.8 Å². The Balaban J connectivity index is 1.69. The van der Waals surface area contributed by atoms with E-state index in [2.05, 4.69) is 6.92 Å². The van der Waals surface area contributed by atoms with Crippen LogP contribution in [0.1, 0.15) is 58.3 Å². The van der Waals surface area contributed by atoms with E-state index in [1.807, 2.05) is 0 Å². The molecule has 19 heavy (non-hydrogen) atoms. The molecular formula is C16H28O3. The Morgan fingerprint density at radius 3 is 2.74 bits per heavy atom. The number of ether oxygens (including phenoxy) is 2. The van der Waals surface area contributed by atoms with E-state index < -0.39 is 5.60 Å². The van der Waals surface area contributed by atoms with Crippen LogP contribution in [0.3, 0.4) is 0 Å². The van der Waals surface area contributed by atoms with Crippen LogP contribution in [0.25, 0.3) is 0 Å². The van der Waals surface area contributed by atoms with Gasteiger partial charge in [-0.05, 0) is 43.9 Å². The molecule has 3 rings (SSSR count). The molecule has 4 atom stereocenters. The molecule has 4 unspecified atom stereocenters. The van der Waals surface area contributed by atoms with Gasteiger partial charge in [-0.25, -0.2) is 0 Å². The van der Waals surface area contributed by atoms with Crippen molar-refractivity contribution in [2.24, 2.45) is 11.8 Å². The Hall–Kier alpha value is -0.120. The van der Waals surface area contributed by atoms with E-state index in [1.165, 1.54) is 19.3 Å². The summed E-state index contributed by atoms with van der Waals surface area (Å²) in [4.78, 5) is 0. The van der Waals surface area contributed by atoms with Crippen molar-refractivity contribution in [2.75, 3.05) is 19.8 Å². The summed E-state index contributed by atoms with van der Waals surface area (Å²) in [5.74, 6) is 1.19. The Morgan fingerprint density at radius 1 is 1.05 bits per heavy atom. The van der Waals surface area contributed by atoms with E-state index in [0.717, 1.165) is 57.8 Å². The lowest BCUT2D eigenvalue weighted by atomic mass is 9.72. The molecule has 0 aromatic carbocycles. The maximum Gasteiger partial charge on any atom is 0.0940 e. The lowest BCUT2D eigenvalue weighted by Crippen LogP contribution is -2.48. The molecule has 0 aromatic heterocycles. The summed E-state index contributed by atoms with van der Waals surface area (Å²) in [7, 11) is 0. The van der Waals surface area contributed by atoms with Gasteiger partial charge in [-0.1, -0.05) is 19.8 Å². The van der Waals surface area contributed by atoms with Crippen molar-refractivity contribution in [1.82, 2.24) is 0 Å². The van der Waals surface area contributed by atoms with Gasteiger partial charge in [0.1, 0.15) is 0 Å². The van der Waals surface area contributed by atoms with Crippen molar-refractivity contribution in [2.45, 2.75) is 69.5 Å². The Kier molecular flexibility index (Phi) is 3.89. The van der Waals surface area contributed by atoms with Gasteiger partial charge in [0.2, 0.25) is 0 Å². The van der Waals surface area contributed by atoms with Crippen LogP contribution in [0.15, 0.2) is 0 Å². The molecule has 3 nitrogen and oxygen atoms in total. The lowest BCUT2D eigenvalue weighted by molar-refractivity contribution is -0.146. The summed E-state index contributed by atoms with van der Waals surface area (Å²) in [5.41, 5.74) is -0.513. The fraction of sp³-hybridized carbons (Fsp3) is 1.00. The van der Waals surface area contributed by atoms with Crippen molar-refractivity contribution in [3.63, 3.8) is 0 Å². The minimum absolute atomic E-state index is 0.0729. The van der Waals surface area contributed by atoms with Gasteiger partial charge in [0.25, 0.3) is 0 Å². The van der Waals surface area contributed by atoms with Crippen LogP contribution in [-0.4, -0.2) is 36.1 Å². The molecule has 3 heteroatoms. The first-order valence-corrected chi connectivity index (χ1v) is 8.06. The van der Waals surface area contributed by atoms with Crippen molar-refractivity contribution in [3.8, 4) is 0 Å². The summed E-state index contributed by atoms with van der Waals surface area (Å²) in [5, 5.41) is 11.1. The number of rotatable bonds is 1. The molecule has 1 saturated carbocycles. The van der Waals surface area contributed by atoms with E-state index in [1.54, 1.807) is 0 Å². The van der Waals surface area contributed by atoms with E-state index in [9.17, 15) is 5.11 Å². The highest BCUT2D eigenvalue weighted by Crippen LogP contribution is 2.45. The zero-order valence-corrected chi connectivity index (χ0v) is 12.2. The van der Waals surface area contributed by atoms with Gasteiger partial charge in [-0.2, -0.15) is 0 Å². The molecule has 2 heterocycles. The van der Waals surface area contributed by atoms with Crippen LogP contribution >= 0.6 is 0 Å². The second-order valence-electron chi connectivity index (χ2n) is 7.16. The van der Waals surface area contributed by atoms with Crippen molar-refractivity contribution in [1.29, 1.82) is 0 Å². The average molecular weight is 268 g/mol. The first-order chi connectivity index (χ1) is 9.12. The molecule has 0 radical (unpaired) electrons. The second kappa shape index (κ2) is 5.34. The third-order valence-corrected chi connectivity index (χ3v) is 5.70. The van der Waals surface area contributed by atoms with Gasteiger partial charge in [-0.3, -0.25) is 0 Å². The minimum atomic E-state index is -0.440. The first kappa shape index (κ1) is 13.8. The van der Waals surface area contributed by atoms with E-state index in [4.69, 9.17) is 9.47 Å². The highest BCUT2D eigenvalue weighted by Gasteiger charge is 2.47. The number of hydrogen-bond donors (Lipinski definition) is 1. The fourth-order valence-corrected chi connectivity index (χ4v) is 4.28. The van der Waals surface area contributed by atoms with Crippen LogP contribution in [0.2, 0.25) is 0 Å².